The van der Waals surface area contributed by atoms with E-state index in [2.05, 4.69) is 9.97 Å². The molecule has 0 fully saturated rings. The predicted octanol–water partition coefficient (Wildman–Crippen LogP) is 3.21. The molecule has 0 aliphatic rings. The maximum atomic E-state index is 12.7. The molecule has 0 saturated heterocycles. The first-order valence-corrected chi connectivity index (χ1v) is 10.6. The van der Waals surface area contributed by atoms with Gasteiger partial charge in [-0.2, -0.15) is 0 Å². The van der Waals surface area contributed by atoms with Crippen molar-refractivity contribution in [3.05, 3.63) is 69.0 Å². The summed E-state index contributed by atoms with van der Waals surface area (Å²) in [6.45, 7) is 8.66. The Morgan fingerprint density at radius 2 is 1.91 bits per heavy atom. The number of hydrogen-bond acceptors (Lipinski definition) is 5. The number of amides is 1. The maximum Gasteiger partial charge on any atom is 0.340 e. The van der Waals surface area contributed by atoms with E-state index in [0.717, 1.165) is 11.4 Å². The van der Waals surface area contributed by atoms with Crippen molar-refractivity contribution in [2.24, 2.45) is 0 Å². The minimum atomic E-state index is -0.404. The molecule has 0 radical (unpaired) electrons. The van der Waals surface area contributed by atoms with E-state index in [0.29, 0.717) is 34.4 Å². The summed E-state index contributed by atoms with van der Waals surface area (Å²) < 4.78 is 7.24. The average molecular weight is 437 g/mol. The van der Waals surface area contributed by atoms with Crippen molar-refractivity contribution in [2.75, 3.05) is 13.7 Å². The monoisotopic (exact) mass is 436 g/mol. The van der Waals surface area contributed by atoms with Crippen LogP contribution in [-0.2, 0) is 22.6 Å². The maximum absolute atomic E-state index is 12.7. The minimum absolute atomic E-state index is 0.141. The fraction of sp³-hybridized carbons (Fsp3) is 0.333. The summed E-state index contributed by atoms with van der Waals surface area (Å²) in [5.41, 5.74) is 3.17. The molecule has 8 nitrogen and oxygen atoms in total. The zero-order chi connectivity index (χ0) is 23.4. The highest BCUT2D eigenvalue weighted by Gasteiger charge is 2.22. The van der Waals surface area contributed by atoms with Crippen LogP contribution >= 0.6 is 0 Å². The number of esters is 1. The second kappa shape index (κ2) is 9.64. The molecule has 0 spiro atoms. The van der Waals surface area contributed by atoms with Gasteiger partial charge in [0.1, 0.15) is 5.82 Å². The molecule has 0 aliphatic heterocycles. The minimum Gasteiger partial charge on any atom is -0.462 e. The van der Waals surface area contributed by atoms with E-state index >= 15 is 0 Å². The van der Waals surface area contributed by atoms with Crippen LogP contribution in [0.1, 0.15) is 47.0 Å². The van der Waals surface area contributed by atoms with Crippen molar-refractivity contribution in [3.8, 4) is 0 Å². The van der Waals surface area contributed by atoms with Gasteiger partial charge in [-0.25, -0.2) is 9.78 Å². The molecule has 2 aromatic heterocycles. The summed E-state index contributed by atoms with van der Waals surface area (Å²) in [6.07, 6.45) is 3.07. The topological polar surface area (TPSA) is 97.3 Å². The van der Waals surface area contributed by atoms with E-state index in [-0.39, 0.29) is 24.6 Å². The second-order valence-corrected chi connectivity index (χ2v) is 7.48. The fourth-order valence-electron chi connectivity index (χ4n) is 3.84. The van der Waals surface area contributed by atoms with Crippen LogP contribution in [0.5, 0.6) is 0 Å². The van der Waals surface area contributed by atoms with Gasteiger partial charge >= 0.3 is 5.97 Å². The molecule has 0 bridgehead atoms. The van der Waals surface area contributed by atoms with E-state index in [4.69, 9.17) is 4.74 Å². The van der Waals surface area contributed by atoms with Gasteiger partial charge in [0.2, 0.25) is 5.91 Å². The Morgan fingerprint density at radius 1 is 1.19 bits per heavy atom. The lowest BCUT2D eigenvalue weighted by molar-refractivity contribution is -0.125. The zero-order valence-electron chi connectivity index (χ0n) is 19.1. The Morgan fingerprint density at radius 3 is 2.59 bits per heavy atom. The molecular weight excluding hydrogens is 408 g/mol. The van der Waals surface area contributed by atoms with E-state index in [1.165, 1.54) is 11.0 Å². The van der Waals surface area contributed by atoms with Crippen LogP contribution in [0.3, 0.4) is 0 Å². The molecule has 3 aromatic rings. The number of likely N-dealkylation sites (N-methyl/N-ethyl adjacent to an activating group) is 1. The van der Waals surface area contributed by atoms with Gasteiger partial charge in [-0.15, -0.1) is 0 Å². The number of H-pyrrole nitrogens is 1. The normalized spacial score (nSPS) is 11.3. The van der Waals surface area contributed by atoms with E-state index < -0.39 is 5.97 Å². The molecule has 1 aromatic carbocycles. The molecule has 0 saturated carbocycles. The molecular formula is C24H28N4O4. The van der Waals surface area contributed by atoms with Crippen LogP contribution in [0.25, 0.3) is 17.0 Å². The first-order chi connectivity index (χ1) is 15.3. The van der Waals surface area contributed by atoms with Gasteiger partial charge in [0.15, 0.2) is 0 Å². The Bertz CT molecular complexity index is 1250. The molecule has 1 N–H and O–H groups in total. The lowest BCUT2D eigenvalue weighted by Gasteiger charge is -2.14. The number of ether oxygens (including phenoxy) is 1. The third kappa shape index (κ3) is 4.49. The Kier molecular flexibility index (Phi) is 6.92. The SMILES string of the molecule is CCOC(=O)c1c(/C=C/C(=O)N(C)Cc2nc3ccccc3c(=O)[nH]2)c(C)n(CC)c1C. The van der Waals surface area contributed by atoms with Crippen LogP contribution in [0, 0.1) is 13.8 Å². The smallest absolute Gasteiger partial charge is 0.340 e. The third-order valence-electron chi connectivity index (χ3n) is 5.44. The van der Waals surface area contributed by atoms with Crippen molar-refractivity contribution < 1.29 is 14.3 Å². The highest BCUT2D eigenvalue weighted by molar-refractivity contribution is 5.98. The summed E-state index contributed by atoms with van der Waals surface area (Å²) in [4.78, 5) is 46.1. The van der Waals surface area contributed by atoms with E-state index in [9.17, 15) is 14.4 Å². The van der Waals surface area contributed by atoms with Gasteiger partial charge in [-0.05, 0) is 45.9 Å². The Hall–Kier alpha value is -3.68. The quantitative estimate of drug-likeness (QED) is 0.453. The lowest BCUT2D eigenvalue weighted by Crippen LogP contribution is -2.26. The number of para-hydroxylation sites is 1. The van der Waals surface area contributed by atoms with Crippen molar-refractivity contribution in [1.29, 1.82) is 0 Å². The molecule has 2 heterocycles. The van der Waals surface area contributed by atoms with Crippen LogP contribution in [-0.4, -0.2) is 45.0 Å². The largest absolute Gasteiger partial charge is 0.462 e. The lowest BCUT2D eigenvalue weighted by atomic mass is 10.1. The van der Waals surface area contributed by atoms with Gasteiger partial charge < -0.3 is 19.2 Å². The zero-order valence-corrected chi connectivity index (χ0v) is 19.1. The Labute approximate surface area is 186 Å². The number of carbonyl (C=O) groups excluding carboxylic acids is 2. The fourth-order valence-corrected chi connectivity index (χ4v) is 3.84. The number of carbonyl (C=O) groups is 2. The summed E-state index contributed by atoms with van der Waals surface area (Å²) >= 11 is 0. The first kappa shape index (κ1) is 23.0. The number of hydrogen-bond donors (Lipinski definition) is 1. The number of aromatic amines is 1. The molecule has 8 heteroatoms. The summed E-state index contributed by atoms with van der Waals surface area (Å²) in [5.74, 6) is -0.287. The molecule has 1 amide bonds. The van der Waals surface area contributed by atoms with Gasteiger partial charge in [0.25, 0.3) is 5.56 Å². The summed E-state index contributed by atoms with van der Waals surface area (Å²) in [7, 11) is 1.63. The van der Waals surface area contributed by atoms with Gasteiger partial charge in [-0.3, -0.25) is 9.59 Å². The Balaban J connectivity index is 1.85. The molecule has 0 atom stereocenters. The number of rotatable bonds is 7. The van der Waals surface area contributed by atoms with Crippen LogP contribution in [0.4, 0.5) is 0 Å². The van der Waals surface area contributed by atoms with E-state index in [1.807, 2.05) is 31.4 Å². The van der Waals surface area contributed by atoms with Crippen molar-refractivity contribution in [2.45, 2.75) is 40.8 Å². The van der Waals surface area contributed by atoms with Crippen LogP contribution < -0.4 is 5.56 Å². The number of aromatic nitrogens is 3. The standard InChI is InChI=1S/C24H28N4O4/c1-6-28-15(3)17(22(16(28)4)24(31)32-7-2)12-13-21(29)27(5)14-20-25-19-11-9-8-10-18(19)23(30)26-20/h8-13H,6-7,14H2,1-5H3,(H,25,26,30)/b13-12+. The highest BCUT2D eigenvalue weighted by Crippen LogP contribution is 2.25. The summed E-state index contributed by atoms with van der Waals surface area (Å²) in [6, 6.07) is 7.05. The van der Waals surface area contributed by atoms with Crippen molar-refractivity contribution in [1.82, 2.24) is 19.4 Å². The van der Waals surface area contributed by atoms with E-state index in [1.54, 1.807) is 38.2 Å². The van der Waals surface area contributed by atoms with Gasteiger partial charge in [-0.1, -0.05) is 12.1 Å². The van der Waals surface area contributed by atoms with Crippen molar-refractivity contribution >= 4 is 28.9 Å². The van der Waals surface area contributed by atoms with Crippen LogP contribution in [0.15, 0.2) is 35.1 Å². The summed E-state index contributed by atoms with van der Waals surface area (Å²) in [5, 5.41) is 0.503. The molecule has 3 rings (SSSR count). The number of fused-ring (bicyclic) bond motifs is 1. The first-order valence-electron chi connectivity index (χ1n) is 10.6. The number of benzene rings is 1. The molecule has 0 aliphatic carbocycles. The molecule has 168 valence electrons. The average Bonchev–Trinajstić information content (AvgIpc) is 3.00. The molecule has 0 unspecified atom stereocenters. The predicted molar refractivity (Wildman–Crippen MR) is 123 cm³/mol. The number of nitrogens with one attached hydrogen (secondary N) is 1. The molecule has 32 heavy (non-hydrogen) atoms. The van der Waals surface area contributed by atoms with Gasteiger partial charge in [0.05, 0.1) is 29.6 Å². The number of nitrogens with zero attached hydrogens (tertiary/aromatic N) is 3. The highest BCUT2D eigenvalue weighted by atomic mass is 16.5. The van der Waals surface area contributed by atoms with Crippen molar-refractivity contribution in [3.63, 3.8) is 0 Å². The second-order valence-electron chi connectivity index (χ2n) is 7.48. The third-order valence-corrected chi connectivity index (χ3v) is 5.44. The van der Waals surface area contributed by atoms with Gasteiger partial charge in [0, 0.05) is 36.6 Å². The van der Waals surface area contributed by atoms with Crippen LogP contribution in [0.2, 0.25) is 0 Å².